The Morgan fingerprint density at radius 2 is 2.07 bits per heavy atom. The fourth-order valence-corrected chi connectivity index (χ4v) is 3.82. The van der Waals surface area contributed by atoms with Gasteiger partial charge in [-0.3, -0.25) is 14.1 Å². The van der Waals surface area contributed by atoms with Crippen LogP contribution in [0.25, 0.3) is 5.65 Å². The molecule has 1 aliphatic heterocycles. The number of amides is 1. The van der Waals surface area contributed by atoms with Crippen molar-refractivity contribution in [2.45, 2.75) is 25.2 Å². The van der Waals surface area contributed by atoms with E-state index in [2.05, 4.69) is 12.2 Å². The van der Waals surface area contributed by atoms with E-state index in [1.54, 1.807) is 4.90 Å². The van der Waals surface area contributed by atoms with Gasteiger partial charge in [-0.2, -0.15) is 0 Å². The summed E-state index contributed by atoms with van der Waals surface area (Å²) < 4.78 is 12.9. The molecule has 0 N–H and O–H groups in total. The second-order valence-corrected chi connectivity index (χ2v) is 6.74. The molecule has 1 aliphatic carbocycles. The van der Waals surface area contributed by atoms with Gasteiger partial charge in [-0.1, -0.05) is 18.2 Å². The Morgan fingerprint density at radius 1 is 1.15 bits per heavy atom. The van der Waals surface area contributed by atoms with Gasteiger partial charge < -0.3 is 9.47 Å². The van der Waals surface area contributed by atoms with Gasteiger partial charge in [0, 0.05) is 18.2 Å². The van der Waals surface area contributed by atoms with Crippen LogP contribution in [0.1, 0.15) is 30.9 Å². The lowest BCUT2D eigenvalue weighted by molar-refractivity contribution is -0.106. The lowest BCUT2D eigenvalue weighted by Crippen LogP contribution is -2.19. The Kier molecular flexibility index (Phi) is 3.81. The van der Waals surface area contributed by atoms with Crippen LogP contribution in [0.5, 0.6) is 11.5 Å². The average Bonchev–Trinajstić information content (AvgIpc) is 3.34. The van der Waals surface area contributed by atoms with Gasteiger partial charge in [0.15, 0.2) is 11.5 Å². The molecule has 0 saturated heterocycles. The zero-order valence-electron chi connectivity index (χ0n) is 14.7. The molecule has 1 atom stereocenters. The van der Waals surface area contributed by atoms with Gasteiger partial charge in [0.1, 0.15) is 11.5 Å². The number of benzene rings is 1. The first-order valence-electron chi connectivity index (χ1n) is 9.11. The number of aromatic nitrogens is 2. The van der Waals surface area contributed by atoms with Gasteiger partial charge in [-0.25, -0.2) is 4.98 Å². The van der Waals surface area contributed by atoms with Gasteiger partial charge >= 0.3 is 0 Å². The highest BCUT2D eigenvalue weighted by molar-refractivity contribution is 5.88. The third kappa shape index (κ3) is 2.65. The maximum atomic E-state index is 12.2. The average molecular weight is 361 g/mol. The number of carbonyl (C=O) groups is 1. The highest BCUT2D eigenvalue weighted by Gasteiger charge is 2.27. The predicted molar refractivity (Wildman–Crippen MR) is 102 cm³/mol. The Morgan fingerprint density at radius 3 is 2.93 bits per heavy atom. The number of ether oxygens (including phenoxy) is 2. The summed E-state index contributed by atoms with van der Waals surface area (Å²) in [5.41, 5.74) is 2.52. The molecule has 1 unspecified atom stereocenters. The predicted octanol–water partition coefficient (Wildman–Crippen LogP) is 4.18. The van der Waals surface area contributed by atoms with Crippen LogP contribution >= 0.6 is 0 Å². The second kappa shape index (κ2) is 6.46. The molecule has 6 heteroatoms. The quantitative estimate of drug-likeness (QED) is 0.517. The molecular formula is C21H19N3O3. The summed E-state index contributed by atoms with van der Waals surface area (Å²) in [6.45, 7) is 0.204. The summed E-state index contributed by atoms with van der Waals surface area (Å²) in [7, 11) is 0. The normalized spacial score (nSPS) is 18.0. The molecule has 2 aliphatic rings. The molecule has 0 bridgehead atoms. The monoisotopic (exact) mass is 361 g/mol. The Bertz CT molecular complexity index is 1040. The maximum absolute atomic E-state index is 12.2. The van der Waals surface area contributed by atoms with E-state index in [0.717, 1.165) is 48.5 Å². The van der Waals surface area contributed by atoms with Crippen molar-refractivity contribution in [3.05, 3.63) is 60.4 Å². The lowest BCUT2D eigenvalue weighted by Gasteiger charge is -2.23. The van der Waals surface area contributed by atoms with E-state index in [9.17, 15) is 4.79 Å². The molecule has 6 nitrogen and oxygen atoms in total. The third-order valence-corrected chi connectivity index (χ3v) is 5.15. The minimum absolute atomic E-state index is 0.204. The van der Waals surface area contributed by atoms with Gasteiger partial charge in [0.2, 0.25) is 13.2 Å². The number of allylic oxidation sites excluding steroid dienone is 2. The Balaban J connectivity index is 1.67. The summed E-state index contributed by atoms with van der Waals surface area (Å²) in [6, 6.07) is 11.4. The van der Waals surface area contributed by atoms with Crippen LogP contribution in [-0.2, 0) is 4.79 Å². The van der Waals surface area contributed by atoms with E-state index in [0.29, 0.717) is 17.4 Å². The smallest absolute Gasteiger partial charge is 0.231 e. The molecule has 2 aromatic heterocycles. The van der Waals surface area contributed by atoms with E-state index < -0.39 is 0 Å². The number of rotatable bonds is 4. The van der Waals surface area contributed by atoms with E-state index in [1.807, 2.05) is 47.0 Å². The lowest BCUT2D eigenvalue weighted by atomic mass is 9.91. The Hall–Kier alpha value is -3.28. The number of pyridine rings is 1. The van der Waals surface area contributed by atoms with Crippen LogP contribution in [0.2, 0.25) is 0 Å². The molecule has 0 fully saturated rings. The molecule has 5 rings (SSSR count). The van der Waals surface area contributed by atoms with Crippen molar-refractivity contribution in [3.63, 3.8) is 0 Å². The fraction of sp³-hybridized carbons (Fsp3) is 0.238. The second-order valence-electron chi connectivity index (χ2n) is 6.74. The first-order valence-corrected chi connectivity index (χ1v) is 9.11. The molecule has 1 aromatic carbocycles. The molecular weight excluding hydrogens is 342 g/mol. The topological polar surface area (TPSA) is 56.1 Å². The van der Waals surface area contributed by atoms with Gasteiger partial charge in [0.25, 0.3) is 0 Å². The minimum atomic E-state index is 0.204. The van der Waals surface area contributed by atoms with E-state index in [4.69, 9.17) is 14.5 Å². The molecule has 27 heavy (non-hydrogen) atoms. The number of fused-ring (bicyclic) bond motifs is 2. The van der Waals surface area contributed by atoms with Crippen LogP contribution < -0.4 is 14.4 Å². The number of nitrogens with zero attached hydrogens (tertiary/aromatic N) is 3. The zero-order valence-corrected chi connectivity index (χ0v) is 14.7. The van der Waals surface area contributed by atoms with Crippen LogP contribution in [0.3, 0.4) is 0 Å². The van der Waals surface area contributed by atoms with Crippen LogP contribution in [0.15, 0.2) is 54.7 Å². The number of hydrogen-bond acceptors (Lipinski definition) is 4. The van der Waals surface area contributed by atoms with Crippen LogP contribution in [0.4, 0.5) is 11.5 Å². The van der Waals surface area contributed by atoms with Crippen LogP contribution in [0, 0.1) is 0 Å². The summed E-state index contributed by atoms with van der Waals surface area (Å²) in [5.74, 6) is 2.43. The Labute approximate surface area is 156 Å². The number of hydrogen-bond donors (Lipinski definition) is 0. The highest BCUT2D eigenvalue weighted by Crippen LogP contribution is 2.41. The van der Waals surface area contributed by atoms with Crippen molar-refractivity contribution in [3.8, 4) is 11.5 Å². The summed E-state index contributed by atoms with van der Waals surface area (Å²) >= 11 is 0. The van der Waals surface area contributed by atoms with Gasteiger partial charge in [-0.15, -0.1) is 0 Å². The molecule has 0 spiro atoms. The highest BCUT2D eigenvalue weighted by atomic mass is 16.7. The molecule has 3 aromatic rings. The molecule has 1 amide bonds. The summed E-state index contributed by atoms with van der Waals surface area (Å²) in [5, 5.41) is 0. The van der Waals surface area contributed by atoms with E-state index in [1.165, 1.54) is 0 Å². The maximum Gasteiger partial charge on any atom is 0.231 e. The van der Waals surface area contributed by atoms with Crippen molar-refractivity contribution >= 4 is 23.6 Å². The number of imidazole rings is 1. The summed E-state index contributed by atoms with van der Waals surface area (Å²) in [6.07, 6.45) is 10.2. The first-order chi connectivity index (χ1) is 13.3. The van der Waals surface area contributed by atoms with Crippen molar-refractivity contribution < 1.29 is 14.3 Å². The van der Waals surface area contributed by atoms with Crippen molar-refractivity contribution in [2.24, 2.45) is 0 Å². The molecule has 0 radical (unpaired) electrons. The van der Waals surface area contributed by atoms with E-state index in [-0.39, 0.29) is 6.79 Å². The third-order valence-electron chi connectivity index (χ3n) is 5.15. The molecule has 0 saturated carbocycles. The van der Waals surface area contributed by atoms with Gasteiger partial charge in [-0.05, 0) is 43.5 Å². The standard InChI is InChI=1S/C21H19N3O3/c25-13-24(16-9-10-17-18(12-16)27-14-26-17)21-20(15-6-2-1-3-7-15)22-19-8-4-5-11-23(19)21/h1-2,4-5,8-13,15H,3,6-7,14H2. The van der Waals surface area contributed by atoms with Crippen LogP contribution in [-0.4, -0.2) is 22.6 Å². The molecule has 136 valence electrons. The zero-order chi connectivity index (χ0) is 18.2. The van der Waals surface area contributed by atoms with E-state index >= 15 is 0 Å². The van der Waals surface area contributed by atoms with Crippen molar-refractivity contribution in [1.29, 1.82) is 0 Å². The largest absolute Gasteiger partial charge is 0.454 e. The first kappa shape index (κ1) is 15.9. The van der Waals surface area contributed by atoms with Gasteiger partial charge in [0.05, 0.1) is 11.4 Å². The summed E-state index contributed by atoms with van der Waals surface area (Å²) in [4.78, 5) is 18.7. The van der Waals surface area contributed by atoms with Crippen molar-refractivity contribution in [1.82, 2.24) is 9.38 Å². The molecule has 3 heterocycles. The number of anilines is 2. The fourth-order valence-electron chi connectivity index (χ4n) is 3.82. The number of carbonyl (C=O) groups excluding carboxylic acids is 1. The minimum Gasteiger partial charge on any atom is -0.454 e. The van der Waals surface area contributed by atoms with Crippen molar-refractivity contribution in [2.75, 3.05) is 11.7 Å². The SMILES string of the molecule is O=CN(c1ccc2c(c1)OCO2)c1c(C2CC=CCC2)nc2ccccn12.